The lowest BCUT2D eigenvalue weighted by atomic mass is 10.1. The van der Waals surface area contributed by atoms with E-state index in [4.69, 9.17) is 16.3 Å². The van der Waals surface area contributed by atoms with E-state index < -0.39 is 24.4 Å². The van der Waals surface area contributed by atoms with Gasteiger partial charge in [0, 0.05) is 24.0 Å². The topological polar surface area (TPSA) is 75.7 Å². The van der Waals surface area contributed by atoms with Crippen LogP contribution in [0.2, 0.25) is 5.02 Å². The van der Waals surface area contributed by atoms with Gasteiger partial charge in [0.25, 0.3) is 5.91 Å². The number of likely N-dealkylation sites (tertiary alicyclic amines) is 1. The molecule has 146 valence electrons. The average molecular weight is 466 g/mol. The van der Waals surface area contributed by atoms with Crippen LogP contribution in [0.4, 0.5) is 5.69 Å². The first kappa shape index (κ1) is 20.4. The van der Waals surface area contributed by atoms with E-state index in [2.05, 4.69) is 21.2 Å². The number of carbonyl (C=O) groups is 3. The molecule has 1 saturated heterocycles. The summed E-state index contributed by atoms with van der Waals surface area (Å²) in [6.45, 7) is 0.299. The summed E-state index contributed by atoms with van der Waals surface area (Å²) >= 11 is 9.33. The van der Waals surface area contributed by atoms with Gasteiger partial charge >= 0.3 is 5.97 Å². The van der Waals surface area contributed by atoms with Crippen LogP contribution in [0.15, 0.2) is 53.0 Å². The molecular weight excluding hydrogens is 448 g/mol. The number of esters is 1. The molecule has 1 heterocycles. The van der Waals surface area contributed by atoms with Crippen LogP contribution in [0.25, 0.3) is 0 Å². The predicted molar refractivity (Wildman–Crippen MR) is 109 cm³/mol. The number of benzene rings is 2. The van der Waals surface area contributed by atoms with E-state index >= 15 is 0 Å². The minimum absolute atomic E-state index is 0.0891. The molecule has 2 aromatic carbocycles. The van der Waals surface area contributed by atoms with E-state index in [9.17, 15) is 14.4 Å². The van der Waals surface area contributed by atoms with Crippen molar-refractivity contribution in [2.45, 2.75) is 13.0 Å². The smallest absolute Gasteiger partial charge is 0.311 e. The normalized spacial score (nSPS) is 16.1. The van der Waals surface area contributed by atoms with Gasteiger partial charge in [0.1, 0.15) is 0 Å². The van der Waals surface area contributed by atoms with E-state index in [1.54, 1.807) is 23.1 Å². The van der Waals surface area contributed by atoms with E-state index in [1.807, 2.05) is 30.3 Å². The second kappa shape index (κ2) is 9.21. The van der Waals surface area contributed by atoms with Gasteiger partial charge in [0.2, 0.25) is 5.91 Å². The van der Waals surface area contributed by atoms with Gasteiger partial charge in [0.15, 0.2) is 6.61 Å². The van der Waals surface area contributed by atoms with Crippen molar-refractivity contribution in [1.29, 1.82) is 0 Å². The Morgan fingerprint density at radius 2 is 1.96 bits per heavy atom. The summed E-state index contributed by atoms with van der Waals surface area (Å²) in [5, 5.41) is 2.95. The number of ether oxygens (including phenoxy) is 1. The molecule has 6 nitrogen and oxygen atoms in total. The maximum absolute atomic E-state index is 12.2. The summed E-state index contributed by atoms with van der Waals surface area (Å²) in [5.74, 6) is -1.72. The first-order valence-corrected chi connectivity index (χ1v) is 9.82. The molecule has 0 radical (unpaired) electrons. The molecule has 1 aliphatic heterocycles. The molecule has 0 spiro atoms. The lowest BCUT2D eigenvalue weighted by Crippen LogP contribution is -2.28. The maximum Gasteiger partial charge on any atom is 0.311 e. The summed E-state index contributed by atoms with van der Waals surface area (Å²) < 4.78 is 5.87. The summed E-state index contributed by atoms with van der Waals surface area (Å²) in [7, 11) is 0. The molecule has 8 heteroatoms. The quantitative estimate of drug-likeness (QED) is 0.661. The van der Waals surface area contributed by atoms with Crippen molar-refractivity contribution in [2.75, 3.05) is 18.5 Å². The Hall–Kier alpha value is -2.38. The highest BCUT2D eigenvalue weighted by atomic mass is 79.9. The van der Waals surface area contributed by atoms with Crippen LogP contribution in [-0.4, -0.2) is 35.8 Å². The number of halogens is 2. The van der Waals surface area contributed by atoms with Crippen molar-refractivity contribution < 1.29 is 19.1 Å². The summed E-state index contributed by atoms with van der Waals surface area (Å²) in [4.78, 5) is 38.0. The van der Waals surface area contributed by atoms with Crippen LogP contribution in [0.1, 0.15) is 12.0 Å². The molecule has 1 atom stereocenters. The Morgan fingerprint density at radius 3 is 2.68 bits per heavy atom. The lowest BCUT2D eigenvalue weighted by Gasteiger charge is -2.16. The molecule has 0 unspecified atom stereocenters. The van der Waals surface area contributed by atoms with Gasteiger partial charge in [0.05, 0.1) is 16.6 Å². The van der Waals surface area contributed by atoms with E-state index in [-0.39, 0.29) is 18.9 Å². The fourth-order valence-electron chi connectivity index (χ4n) is 2.92. The average Bonchev–Trinajstić information content (AvgIpc) is 3.03. The summed E-state index contributed by atoms with van der Waals surface area (Å²) in [6, 6.07) is 14.6. The molecule has 28 heavy (non-hydrogen) atoms. The number of nitrogens with zero attached hydrogens (tertiary/aromatic N) is 1. The van der Waals surface area contributed by atoms with Crippen LogP contribution in [0, 0.1) is 5.92 Å². The third kappa shape index (κ3) is 5.33. The number of nitrogens with one attached hydrogen (secondary N) is 1. The summed E-state index contributed by atoms with van der Waals surface area (Å²) in [5.41, 5.74) is 1.42. The SMILES string of the molecule is O=C(COC(=O)[C@H]1CC(=O)N(Cc2ccccc2)C1)Nc1ccc(Br)cc1Cl. The molecule has 1 aliphatic rings. The highest BCUT2D eigenvalue weighted by Gasteiger charge is 2.35. The van der Waals surface area contributed by atoms with E-state index in [0.717, 1.165) is 10.0 Å². The van der Waals surface area contributed by atoms with Crippen LogP contribution in [0.3, 0.4) is 0 Å². The summed E-state index contributed by atoms with van der Waals surface area (Å²) in [6.07, 6.45) is 0.0891. The first-order valence-electron chi connectivity index (χ1n) is 8.65. The first-order chi connectivity index (χ1) is 13.4. The molecule has 1 N–H and O–H groups in total. The molecule has 1 fully saturated rings. The van der Waals surface area contributed by atoms with Gasteiger partial charge in [-0.25, -0.2) is 0 Å². The van der Waals surface area contributed by atoms with Crippen LogP contribution in [-0.2, 0) is 25.7 Å². The predicted octanol–water partition coefficient (Wildman–Crippen LogP) is 3.63. The van der Waals surface area contributed by atoms with Crippen molar-refractivity contribution in [3.8, 4) is 0 Å². The van der Waals surface area contributed by atoms with Gasteiger partial charge in [-0.1, -0.05) is 57.9 Å². The molecule has 3 rings (SSSR count). The zero-order valence-electron chi connectivity index (χ0n) is 14.9. The molecular formula is C20H18BrClN2O4. The Labute approximate surface area is 175 Å². The second-order valence-electron chi connectivity index (χ2n) is 6.44. The molecule has 2 amide bonds. The Kier molecular flexibility index (Phi) is 6.70. The third-order valence-electron chi connectivity index (χ3n) is 4.31. The van der Waals surface area contributed by atoms with Crippen molar-refractivity contribution in [3.05, 3.63) is 63.6 Å². The highest BCUT2D eigenvalue weighted by Crippen LogP contribution is 2.25. The number of amides is 2. The molecule has 0 bridgehead atoms. The molecule has 0 aliphatic carbocycles. The number of hydrogen-bond acceptors (Lipinski definition) is 4. The minimum atomic E-state index is -0.569. The van der Waals surface area contributed by atoms with Gasteiger partial charge in [-0.15, -0.1) is 0 Å². The Bertz CT molecular complexity index is 891. The van der Waals surface area contributed by atoms with Gasteiger partial charge in [-0.2, -0.15) is 0 Å². The number of anilines is 1. The molecule has 0 aromatic heterocycles. The van der Waals surface area contributed by atoms with Crippen LogP contribution >= 0.6 is 27.5 Å². The maximum atomic E-state index is 12.2. The number of rotatable bonds is 6. The lowest BCUT2D eigenvalue weighted by molar-refractivity contribution is -0.151. The Balaban J connectivity index is 1.48. The van der Waals surface area contributed by atoms with E-state index in [1.165, 1.54) is 0 Å². The van der Waals surface area contributed by atoms with Crippen LogP contribution in [0.5, 0.6) is 0 Å². The van der Waals surface area contributed by atoms with Crippen molar-refractivity contribution >= 4 is 51.0 Å². The monoisotopic (exact) mass is 464 g/mol. The molecule has 0 saturated carbocycles. The van der Waals surface area contributed by atoms with E-state index in [0.29, 0.717) is 17.3 Å². The van der Waals surface area contributed by atoms with Crippen molar-refractivity contribution in [2.24, 2.45) is 5.92 Å². The third-order valence-corrected chi connectivity index (χ3v) is 5.12. The zero-order chi connectivity index (χ0) is 20.1. The highest BCUT2D eigenvalue weighted by molar-refractivity contribution is 9.10. The minimum Gasteiger partial charge on any atom is -0.455 e. The fraction of sp³-hybridized carbons (Fsp3) is 0.250. The van der Waals surface area contributed by atoms with Gasteiger partial charge in [-0.3, -0.25) is 14.4 Å². The Morgan fingerprint density at radius 1 is 1.21 bits per heavy atom. The van der Waals surface area contributed by atoms with Crippen molar-refractivity contribution in [3.63, 3.8) is 0 Å². The largest absolute Gasteiger partial charge is 0.455 e. The van der Waals surface area contributed by atoms with Gasteiger partial charge < -0.3 is 15.0 Å². The molecule has 2 aromatic rings. The van der Waals surface area contributed by atoms with Gasteiger partial charge in [-0.05, 0) is 23.8 Å². The van der Waals surface area contributed by atoms with Crippen LogP contribution < -0.4 is 5.32 Å². The standard InChI is InChI=1S/C20H18BrClN2O4/c21-15-6-7-17(16(22)9-15)23-18(25)12-28-20(27)14-8-19(26)24(11-14)10-13-4-2-1-3-5-13/h1-7,9,14H,8,10-12H2,(H,23,25)/t14-/m0/s1. The second-order valence-corrected chi connectivity index (χ2v) is 7.76. The fourth-order valence-corrected chi connectivity index (χ4v) is 3.64. The number of carbonyl (C=O) groups excluding carboxylic acids is 3. The number of hydrogen-bond donors (Lipinski definition) is 1. The zero-order valence-corrected chi connectivity index (χ0v) is 17.2. The van der Waals surface area contributed by atoms with Crippen molar-refractivity contribution in [1.82, 2.24) is 4.90 Å².